The van der Waals surface area contributed by atoms with Crippen LogP contribution in [0.4, 0.5) is 0 Å². The first-order valence-electron chi connectivity index (χ1n) is 6.66. The molecule has 2 aromatic rings. The fourth-order valence-corrected chi connectivity index (χ4v) is 4.89. The van der Waals surface area contributed by atoms with Gasteiger partial charge in [-0.1, -0.05) is 0 Å². The van der Waals surface area contributed by atoms with E-state index in [2.05, 4.69) is 27.9 Å². The highest BCUT2D eigenvalue weighted by Gasteiger charge is 2.33. The molecule has 1 aliphatic rings. The van der Waals surface area contributed by atoms with E-state index < -0.39 is 0 Å². The fraction of sp³-hybridized carbons (Fsp3) is 0.429. The zero-order chi connectivity index (χ0) is 13.9. The number of thiophene rings is 1. The monoisotopic (exact) mass is 307 g/mol. The minimum absolute atomic E-state index is 0.213. The molecular weight excluding hydrogens is 290 g/mol. The molecule has 1 amide bonds. The zero-order valence-corrected chi connectivity index (χ0v) is 13.0. The predicted molar refractivity (Wildman–Crippen MR) is 82.8 cm³/mol. The number of aryl methyl sites for hydroxylation is 2. The summed E-state index contributed by atoms with van der Waals surface area (Å²) in [5.41, 5.74) is 1.29. The van der Waals surface area contributed by atoms with Crippen LogP contribution in [0.15, 0.2) is 30.2 Å². The minimum Gasteiger partial charge on any atom is -0.337 e. The van der Waals surface area contributed by atoms with Crippen molar-refractivity contribution < 1.29 is 4.79 Å². The van der Waals surface area contributed by atoms with E-state index in [-0.39, 0.29) is 11.3 Å². The van der Waals surface area contributed by atoms with Crippen LogP contribution in [-0.4, -0.2) is 32.7 Å². The Kier molecular flexibility index (Phi) is 4.12. The number of carbonyl (C=O) groups excluding carboxylic acids is 1. The second kappa shape index (κ2) is 6.01. The number of amides is 1. The van der Waals surface area contributed by atoms with Crippen LogP contribution < -0.4 is 0 Å². The van der Waals surface area contributed by atoms with Crippen LogP contribution in [0.5, 0.6) is 0 Å². The van der Waals surface area contributed by atoms with Gasteiger partial charge in [0.05, 0.1) is 12.1 Å². The van der Waals surface area contributed by atoms with Crippen LogP contribution in [0, 0.1) is 6.92 Å². The first-order chi connectivity index (χ1) is 9.75. The quantitative estimate of drug-likeness (QED) is 0.852. The highest BCUT2D eigenvalue weighted by molar-refractivity contribution is 8.00. The molecule has 1 unspecified atom stereocenters. The summed E-state index contributed by atoms with van der Waals surface area (Å²) in [5.74, 6) is 0.867. The fourth-order valence-electron chi connectivity index (χ4n) is 2.39. The third-order valence-corrected chi connectivity index (χ3v) is 5.91. The Morgan fingerprint density at radius 1 is 1.45 bits per heavy atom. The van der Waals surface area contributed by atoms with Gasteiger partial charge in [0.1, 0.15) is 5.37 Å². The van der Waals surface area contributed by atoms with Gasteiger partial charge in [0.2, 0.25) is 5.91 Å². The molecule has 0 bridgehead atoms. The first-order valence-corrected chi connectivity index (χ1v) is 8.59. The molecule has 1 saturated heterocycles. The Morgan fingerprint density at radius 3 is 3.05 bits per heavy atom. The molecule has 0 aromatic carbocycles. The predicted octanol–water partition coefficient (Wildman–Crippen LogP) is 2.92. The maximum absolute atomic E-state index is 12.1. The first kappa shape index (κ1) is 13.7. The third kappa shape index (κ3) is 2.76. The van der Waals surface area contributed by atoms with Crippen LogP contribution in [0.1, 0.15) is 22.2 Å². The van der Waals surface area contributed by atoms with Crippen molar-refractivity contribution in [1.29, 1.82) is 0 Å². The summed E-state index contributed by atoms with van der Waals surface area (Å²) in [6.45, 7) is 3.84. The average Bonchev–Trinajstić information content (AvgIpc) is 3.14. The van der Waals surface area contributed by atoms with Gasteiger partial charge < -0.3 is 9.47 Å². The van der Waals surface area contributed by atoms with E-state index >= 15 is 0 Å². The smallest absolute Gasteiger partial charge is 0.233 e. The van der Waals surface area contributed by atoms with Crippen LogP contribution in [0.2, 0.25) is 0 Å². The molecule has 0 saturated carbocycles. The summed E-state index contributed by atoms with van der Waals surface area (Å²) in [6, 6.07) is 2.13. The lowest BCUT2D eigenvalue weighted by Crippen LogP contribution is -2.29. The van der Waals surface area contributed by atoms with Crippen molar-refractivity contribution in [2.45, 2.75) is 25.3 Å². The normalized spacial score (nSPS) is 18.9. The Hall–Kier alpha value is -1.27. The molecule has 20 heavy (non-hydrogen) atoms. The van der Waals surface area contributed by atoms with Gasteiger partial charge >= 0.3 is 0 Å². The molecule has 0 N–H and O–H groups in total. The molecule has 1 atom stereocenters. The minimum atomic E-state index is 0.213. The number of imidazole rings is 1. The summed E-state index contributed by atoms with van der Waals surface area (Å²) in [7, 11) is 0. The van der Waals surface area contributed by atoms with E-state index in [0.29, 0.717) is 5.75 Å². The van der Waals surface area contributed by atoms with Crippen molar-refractivity contribution >= 4 is 29.0 Å². The Balaban J connectivity index is 1.63. The number of hydrogen-bond acceptors (Lipinski definition) is 4. The Labute approximate surface area is 126 Å². The number of nitrogens with zero attached hydrogens (tertiary/aromatic N) is 3. The summed E-state index contributed by atoms with van der Waals surface area (Å²) >= 11 is 3.50. The molecule has 0 radical (unpaired) electrons. The number of aromatic nitrogens is 2. The number of hydrogen-bond donors (Lipinski definition) is 0. The molecule has 1 fully saturated rings. The van der Waals surface area contributed by atoms with E-state index in [4.69, 9.17) is 0 Å². The molecule has 3 rings (SSSR count). The van der Waals surface area contributed by atoms with Crippen LogP contribution in [0.25, 0.3) is 0 Å². The summed E-state index contributed by atoms with van der Waals surface area (Å²) < 4.78 is 2.05. The maximum Gasteiger partial charge on any atom is 0.233 e. The van der Waals surface area contributed by atoms with E-state index in [1.54, 1.807) is 29.3 Å². The van der Waals surface area contributed by atoms with Crippen molar-refractivity contribution in [3.8, 4) is 0 Å². The molecule has 2 aromatic heterocycles. The molecule has 4 nitrogen and oxygen atoms in total. The highest BCUT2D eigenvalue weighted by Crippen LogP contribution is 2.42. The molecule has 0 spiro atoms. The van der Waals surface area contributed by atoms with Crippen molar-refractivity contribution in [2.24, 2.45) is 0 Å². The van der Waals surface area contributed by atoms with Gasteiger partial charge in [-0.25, -0.2) is 4.98 Å². The van der Waals surface area contributed by atoms with Crippen molar-refractivity contribution in [3.63, 3.8) is 0 Å². The lowest BCUT2D eigenvalue weighted by Gasteiger charge is -2.23. The zero-order valence-electron chi connectivity index (χ0n) is 11.4. The van der Waals surface area contributed by atoms with Crippen molar-refractivity contribution in [1.82, 2.24) is 14.5 Å². The third-order valence-electron chi connectivity index (χ3n) is 3.47. The SMILES string of the molecule is Cc1ccsc1C1SCC(=O)N1CCCn1ccnc1. The molecule has 106 valence electrons. The van der Waals surface area contributed by atoms with Gasteiger partial charge in [0.25, 0.3) is 0 Å². The van der Waals surface area contributed by atoms with E-state index in [9.17, 15) is 4.79 Å². The van der Waals surface area contributed by atoms with Gasteiger partial charge in [0, 0.05) is 30.4 Å². The van der Waals surface area contributed by atoms with Crippen LogP contribution in [-0.2, 0) is 11.3 Å². The molecule has 1 aliphatic heterocycles. The van der Waals surface area contributed by atoms with Crippen LogP contribution >= 0.6 is 23.1 Å². The Morgan fingerprint density at radius 2 is 2.35 bits per heavy atom. The standard InChI is InChI=1S/C14H17N3OS2/c1-11-3-8-19-13(11)14-17(12(18)9-20-14)6-2-5-16-7-4-15-10-16/h3-4,7-8,10,14H,2,5-6,9H2,1H3. The van der Waals surface area contributed by atoms with Gasteiger partial charge in [-0.05, 0) is 30.4 Å². The molecular formula is C14H17N3OS2. The maximum atomic E-state index is 12.1. The van der Waals surface area contributed by atoms with Crippen LogP contribution in [0.3, 0.4) is 0 Å². The van der Waals surface area contributed by atoms with Crippen molar-refractivity contribution in [2.75, 3.05) is 12.3 Å². The van der Waals surface area contributed by atoms with E-state index in [0.717, 1.165) is 19.5 Å². The molecule has 6 heteroatoms. The Bertz CT molecular complexity index is 579. The second-order valence-electron chi connectivity index (χ2n) is 4.87. The van der Waals surface area contributed by atoms with Gasteiger partial charge in [-0.15, -0.1) is 23.1 Å². The van der Waals surface area contributed by atoms with Gasteiger partial charge in [-0.3, -0.25) is 4.79 Å². The average molecular weight is 307 g/mol. The number of rotatable bonds is 5. The van der Waals surface area contributed by atoms with Gasteiger partial charge in [0.15, 0.2) is 0 Å². The largest absolute Gasteiger partial charge is 0.337 e. The molecule has 3 heterocycles. The van der Waals surface area contributed by atoms with Gasteiger partial charge in [-0.2, -0.15) is 0 Å². The summed E-state index contributed by atoms with van der Waals surface area (Å²) in [6.07, 6.45) is 6.53. The van der Waals surface area contributed by atoms with E-state index in [1.807, 2.05) is 17.4 Å². The lowest BCUT2D eigenvalue weighted by atomic mass is 10.2. The topological polar surface area (TPSA) is 38.1 Å². The summed E-state index contributed by atoms with van der Waals surface area (Å²) in [4.78, 5) is 19.5. The molecule has 0 aliphatic carbocycles. The second-order valence-corrected chi connectivity index (χ2v) is 6.89. The highest BCUT2D eigenvalue weighted by atomic mass is 32.2. The lowest BCUT2D eigenvalue weighted by molar-refractivity contribution is -0.128. The summed E-state index contributed by atoms with van der Waals surface area (Å²) in [5, 5.41) is 2.32. The van der Waals surface area contributed by atoms with Crippen molar-refractivity contribution in [3.05, 3.63) is 40.6 Å². The number of thioether (sulfide) groups is 1. The number of carbonyl (C=O) groups is 1. The van der Waals surface area contributed by atoms with E-state index in [1.165, 1.54) is 10.4 Å².